The third-order valence-electron chi connectivity index (χ3n) is 4.43. The van der Waals surface area contributed by atoms with E-state index >= 15 is 0 Å². The molecule has 0 N–H and O–H groups in total. The van der Waals surface area contributed by atoms with Crippen LogP contribution in [-0.4, -0.2) is 36.1 Å². The Hall–Kier alpha value is -3.73. The van der Waals surface area contributed by atoms with Crippen LogP contribution in [0.2, 0.25) is 0 Å². The van der Waals surface area contributed by atoms with Crippen LogP contribution in [0.5, 0.6) is 0 Å². The van der Waals surface area contributed by atoms with E-state index in [0.717, 1.165) is 0 Å². The van der Waals surface area contributed by atoms with Gasteiger partial charge in [0.05, 0.1) is 0 Å². The summed E-state index contributed by atoms with van der Waals surface area (Å²) in [5.74, 6) is -3.81. The molecule has 0 aliphatic carbocycles. The molecule has 1 heterocycles. The normalized spacial score (nSPS) is 19.0. The van der Waals surface area contributed by atoms with Crippen LogP contribution in [-0.2, 0) is 25.2 Å². The average Bonchev–Trinajstić information content (AvgIpc) is 2.97. The minimum absolute atomic E-state index is 0.148. The first kappa shape index (κ1) is 22.5. The Morgan fingerprint density at radius 3 is 1.36 bits per heavy atom. The molecular formula is C24H17IO8. The molecule has 3 aromatic rings. The van der Waals surface area contributed by atoms with Gasteiger partial charge in [-0.25, -0.2) is 0 Å². The van der Waals surface area contributed by atoms with Crippen LogP contribution in [0.25, 0.3) is 0 Å². The fourth-order valence-corrected chi connectivity index (χ4v) is 5.72. The molecule has 0 amide bonds. The maximum absolute atomic E-state index is 13.0. The monoisotopic (exact) mass is 560 g/mol. The van der Waals surface area contributed by atoms with Gasteiger partial charge < -0.3 is 0 Å². The van der Waals surface area contributed by atoms with Crippen molar-refractivity contribution in [2.45, 2.75) is 12.2 Å². The Balaban J connectivity index is 1.64. The van der Waals surface area contributed by atoms with Crippen LogP contribution in [0.1, 0.15) is 20.7 Å². The molecule has 1 fully saturated rings. The number of hydrogen-bond donors (Lipinski definition) is 0. The first-order valence-corrected chi connectivity index (χ1v) is 12.6. The summed E-state index contributed by atoms with van der Waals surface area (Å²) in [6.45, 7) is 0. The quantitative estimate of drug-likeness (QED) is 0.344. The van der Waals surface area contributed by atoms with Gasteiger partial charge in [0.15, 0.2) is 0 Å². The van der Waals surface area contributed by atoms with Crippen LogP contribution in [0.3, 0.4) is 0 Å². The third-order valence-corrected chi connectivity index (χ3v) is 7.83. The second-order valence-corrected chi connectivity index (χ2v) is 10.1. The van der Waals surface area contributed by atoms with Gasteiger partial charge >= 0.3 is 197 Å². The van der Waals surface area contributed by atoms with Gasteiger partial charge in [0.25, 0.3) is 0 Å². The number of ether oxygens (including phenoxy) is 2. The summed E-state index contributed by atoms with van der Waals surface area (Å²) in [5.41, 5.74) is 0.295. The molecule has 1 aliphatic heterocycles. The molecule has 0 bridgehead atoms. The predicted molar refractivity (Wildman–Crippen MR) is 123 cm³/mol. The van der Waals surface area contributed by atoms with Crippen LogP contribution in [0.4, 0.5) is 0 Å². The standard InChI is InChI=1S/C24H17IO8/c26-21(16-10-4-1-5-11-16)30-19-20(31-22(27)17-12-6-2-7-13-17)24(29)33-25(32-23(19)28)18-14-8-3-9-15-18/h1-15,19-20H/t19-,20-/m1/s1. The van der Waals surface area contributed by atoms with E-state index in [1.54, 1.807) is 66.7 Å². The van der Waals surface area contributed by atoms with E-state index in [-0.39, 0.29) is 11.1 Å². The van der Waals surface area contributed by atoms with E-state index in [0.29, 0.717) is 3.57 Å². The van der Waals surface area contributed by atoms with Gasteiger partial charge in [-0.05, 0) is 0 Å². The molecule has 0 saturated carbocycles. The molecule has 0 spiro atoms. The van der Waals surface area contributed by atoms with Crippen molar-refractivity contribution >= 4 is 44.5 Å². The summed E-state index contributed by atoms with van der Waals surface area (Å²) in [6, 6.07) is 24.3. The van der Waals surface area contributed by atoms with Crippen molar-refractivity contribution in [3.63, 3.8) is 0 Å². The number of carbonyl (C=O) groups excluding carboxylic acids is 4. The fourth-order valence-electron chi connectivity index (χ4n) is 2.83. The molecule has 8 nitrogen and oxygen atoms in total. The van der Waals surface area contributed by atoms with E-state index in [4.69, 9.17) is 15.6 Å². The number of esters is 2. The molecule has 0 aromatic heterocycles. The molecule has 1 saturated heterocycles. The zero-order valence-corrected chi connectivity index (χ0v) is 19.1. The van der Waals surface area contributed by atoms with Gasteiger partial charge in [0, 0.05) is 0 Å². The number of halogens is 1. The Kier molecular flexibility index (Phi) is 6.98. The molecule has 1 aliphatic rings. The van der Waals surface area contributed by atoms with Crippen molar-refractivity contribution in [1.82, 2.24) is 0 Å². The van der Waals surface area contributed by atoms with Gasteiger partial charge in [-0.1, -0.05) is 0 Å². The van der Waals surface area contributed by atoms with Gasteiger partial charge in [0.1, 0.15) is 0 Å². The molecule has 4 rings (SSSR count). The van der Waals surface area contributed by atoms with Crippen molar-refractivity contribution in [3.05, 3.63) is 106 Å². The van der Waals surface area contributed by atoms with Crippen LogP contribution < -0.4 is 0 Å². The predicted octanol–water partition coefficient (Wildman–Crippen LogP) is 3.74. The molecule has 33 heavy (non-hydrogen) atoms. The Labute approximate surface area is 196 Å². The molecule has 168 valence electrons. The number of benzene rings is 3. The molecular weight excluding hydrogens is 543 g/mol. The van der Waals surface area contributed by atoms with Crippen molar-refractivity contribution in [1.29, 1.82) is 0 Å². The average molecular weight is 560 g/mol. The molecule has 3 aromatic carbocycles. The van der Waals surface area contributed by atoms with Gasteiger partial charge in [-0.2, -0.15) is 0 Å². The van der Waals surface area contributed by atoms with Crippen molar-refractivity contribution < 1.29 is 34.8 Å². The topological polar surface area (TPSA) is 105 Å². The van der Waals surface area contributed by atoms with Gasteiger partial charge in [0.2, 0.25) is 0 Å². The van der Waals surface area contributed by atoms with Crippen LogP contribution in [0, 0.1) is 3.57 Å². The zero-order chi connectivity index (χ0) is 23.2. The third kappa shape index (κ3) is 5.37. The number of hydrogen-bond acceptors (Lipinski definition) is 8. The number of rotatable bonds is 5. The molecule has 2 atom stereocenters. The first-order valence-electron chi connectivity index (χ1n) is 9.74. The Morgan fingerprint density at radius 2 is 0.970 bits per heavy atom. The fraction of sp³-hybridized carbons (Fsp3) is 0.0833. The van der Waals surface area contributed by atoms with E-state index in [9.17, 15) is 19.2 Å². The second kappa shape index (κ2) is 10.3. The van der Waals surface area contributed by atoms with Gasteiger partial charge in [-0.3, -0.25) is 0 Å². The van der Waals surface area contributed by atoms with Crippen molar-refractivity contribution in [2.75, 3.05) is 0 Å². The van der Waals surface area contributed by atoms with E-state index in [1.807, 2.05) is 0 Å². The summed E-state index contributed by atoms with van der Waals surface area (Å²) in [6.07, 6.45) is -3.66. The summed E-state index contributed by atoms with van der Waals surface area (Å²) in [4.78, 5) is 51.2. The second-order valence-electron chi connectivity index (χ2n) is 6.69. The summed E-state index contributed by atoms with van der Waals surface area (Å²) >= 11 is -3.25. The first-order chi connectivity index (χ1) is 16.0. The molecule has 9 heteroatoms. The van der Waals surface area contributed by atoms with Crippen LogP contribution in [0.15, 0.2) is 91.0 Å². The van der Waals surface area contributed by atoms with E-state index in [1.165, 1.54) is 24.3 Å². The van der Waals surface area contributed by atoms with E-state index in [2.05, 4.69) is 0 Å². The maximum atomic E-state index is 13.0. The summed E-state index contributed by atoms with van der Waals surface area (Å²) < 4.78 is 22.0. The van der Waals surface area contributed by atoms with Crippen LogP contribution >= 0.6 is 20.6 Å². The van der Waals surface area contributed by atoms with Gasteiger partial charge in [-0.15, -0.1) is 0 Å². The van der Waals surface area contributed by atoms with E-state index < -0.39 is 56.7 Å². The number of carbonyl (C=O) groups is 4. The van der Waals surface area contributed by atoms with Crippen molar-refractivity contribution in [3.8, 4) is 0 Å². The summed E-state index contributed by atoms with van der Waals surface area (Å²) in [5, 5.41) is 0. The molecule has 0 radical (unpaired) electrons. The summed E-state index contributed by atoms with van der Waals surface area (Å²) in [7, 11) is 0. The zero-order valence-electron chi connectivity index (χ0n) is 17.0. The van der Waals surface area contributed by atoms with Crippen molar-refractivity contribution in [2.24, 2.45) is 0 Å². The molecule has 0 unspecified atom stereocenters. The SMILES string of the molecule is O=C(O[C@H]1C(=O)OI(c2ccccc2)OC(=O)[C@@H]1OC(=O)c1ccccc1)c1ccccc1. The Bertz CT molecular complexity index is 1080. The minimum atomic E-state index is -3.25. The Morgan fingerprint density at radius 1 is 0.606 bits per heavy atom.